The molecule has 2 aliphatic heterocycles. The monoisotopic (exact) mass is 707 g/mol. The van der Waals surface area contributed by atoms with E-state index in [4.69, 9.17) is 9.90 Å². The molecule has 1 unspecified atom stereocenters. The van der Waals surface area contributed by atoms with Crippen molar-refractivity contribution in [2.24, 2.45) is 5.92 Å². The fourth-order valence-electron chi connectivity index (χ4n) is 6.47. The minimum Gasteiger partial charge on any atom is -0.475 e. The maximum absolute atomic E-state index is 13.6. The lowest BCUT2D eigenvalue weighted by atomic mass is 9.97. The average molecular weight is 709 g/mol. The Labute approximate surface area is 276 Å². The normalized spacial score (nSPS) is 20.0. The second kappa shape index (κ2) is 16.6. The van der Waals surface area contributed by atoms with Crippen LogP contribution in [-0.4, -0.2) is 113 Å². The highest BCUT2D eigenvalue weighted by molar-refractivity contribution is 9.10. The number of aliphatic carboxylic acids is 1. The van der Waals surface area contributed by atoms with Gasteiger partial charge < -0.3 is 19.8 Å². The summed E-state index contributed by atoms with van der Waals surface area (Å²) in [6.45, 7) is 9.18. The molecule has 1 saturated carbocycles. The summed E-state index contributed by atoms with van der Waals surface area (Å²) >= 11 is 3.56. The first-order valence-corrected chi connectivity index (χ1v) is 16.5. The number of piperidine rings is 1. The third-order valence-electron chi connectivity index (χ3n) is 8.78. The number of rotatable bonds is 9. The number of hydrogen-bond donors (Lipinski definition) is 1. The molecule has 0 spiro atoms. The van der Waals surface area contributed by atoms with Gasteiger partial charge in [0.05, 0.1) is 11.0 Å². The van der Waals surface area contributed by atoms with E-state index < -0.39 is 12.1 Å². The predicted molar refractivity (Wildman–Crippen MR) is 170 cm³/mol. The number of aromatic nitrogens is 2. The number of nitrogens with zero attached hydrogens (tertiary/aromatic N) is 7. The van der Waals surface area contributed by atoms with Crippen LogP contribution in [0.5, 0.6) is 0 Å². The number of carbonyl (C=O) groups excluding carboxylic acids is 1. The van der Waals surface area contributed by atoms with E-state index in [0.29, 0.717) is 10.3 Å². The molecule has 1 aromatic carbocycles. The molecule has 1 aliphatic carbocycles. The molecule has 250 valence electrons. The summed E-state index contributed by atoms with van der Waals surface area (Å²) in [4.78, 5) is 40.7. The minimum absolute atomic E-state index is 0.0787. The molecule has 2 aromatic rings. The molecule has 10 nitrogen and oxygen atoms in total. The van der Waals surface area contributed by atoms with Crippen molar-refractivity contribution in [2.45, 2.75) is 57.3 Å². The minimum atomic E-state index is -5.08. The number of ketones is 1. The number of hydrogen-bond acceptors (Lipinski definition) is 9. The third-order valence-corrected chi connectivity index (χ3v) is 9.34. The maximum atomic E-state index is 13.6. The van der Waals surface area contributed by atoms with E-state index in [0.717, 1.165) is 69.9 Å². The van der Waals surface area contributed by atoms with Crippen LogP contribution in [-0.2, 0) is 11.3 Å². The van der Waals surface area contributed by atoms with E-state index in [1.54, 1.807) is 6.20 Å². The first-order chi connectivity index (χ1) is 21.9. The number of alkyl halides is 3. The van der Waals surface area contributed by atoms with Crippen LogP contribution >= 0.6 is 15.9 Å². The number of benzene rings is 1. The van der Waals surface area contributed by atoms with Gasteiger partial charge in [0, 0.05) is 63.6 Å². The van der Waals surface area contributed by atoms with Crippen LogP contribution in [0.15, 0.2) is 34.9 Å². The molecule has 3 aliphatic rings. The van der Waals surface area contributed by atoms with Crippen LogP contribution in [0.1, 0.15) is 60.3 Å². The van der Waals surface area contributed by atoms with Crippen LogP contribution < -0.4 is 4.90 Å². The van der Waals surface area contributed by atoms with Crippen molar-refractivity contribution in [3.8, 4) is 6.07 Å². The van der Waals surface area contributed by atoms with Crippen molar-refractivity contribution in [1.29, 1.82) is 5.26 Å². The van der Waals surface area contributed by atoms with E-state index in [9.17, 15) is 23.2 Å². The highest BCUT2D eigenvalue weighted by Gasteiger charge is 2.38. The molecule has 0 amide bonds. The van der Waals surface area contributed by atoms with Gasteiger partial charge >= 0.3 is 12.1 Å². The predicted octanol–water partition coefficient (Wildman–Crippen LogP) is 4.84. The Balaban J connectivity index is 0.000000617. The van der Waals surface area contributed by atoms with Gasteiger partial charge in [0.15, 0.2) is 5.78 Å². The summed E-state index contributed by atoms with van der Waals surface area (Å²) in [6.07, 6.45) is 3.54. The number of Topliss-reactive ketones (excluding diaryl/α,β-unsaturated/α-hetero) is 1. The molecular formula is C32H41BrF3N7O3. The average Bonchev–Trinajstić information content (AvgIpc) is 3.56. The molecule has 0 bridgehead atoms. The molecule has 3 heterocycles. The van der Waals surface area contributed by atoms with Crippen molar-refractivity contribution < 1.29 is 27.9 Å². The first kappa shape index (κ1) is 35.7. The zero-order chi connectivity index (χ0) is 33.3. The molecule has 1 atom stereocenters. The number of piperazine rings is 1. The van der Waals surface area contributed by atoms with Gasteiger partial charge in [-0.25, -0.2) is 14.8 Å². The summed E-state index contributed by atoms with van der Waals surface area (Å²) in [5.74, 6) is -1.12. The molecule has 2 saturated heterocycles. The van der Waals surface area contributed by atoms with Gasteiger partial charge in [-0.3, -0.25) is 9.69 Å². The zero-order valence-electron chi connectivity index (χ0n) is 26.1. The van der Waals surface area contributed by atoms with Crippen molar-refractivity contribution in [2.75, 3.05) is 64.3 Å². The number of carboxylic acids is 1. The van der Waals surface area contributed by atoms with Crippen LogP contribution in [0, 0.1) is 17.2 Å². The highest BCUT2D eigenvalue weighted by atomic mass is 79.9. The van der Waals surface area contributed by atoms with Gasteiger partial charge in [0.1, 0.15) is 11.9 Å². The van der Waals surface area contributed by atoms with Gasteiger partial charge in [-0.2, -0.15) is 18.4 Å². The van der Waals surface area contributed by atoms with Crippen LogP contribution in [0.4, 0.5) is 19.0 Å². The maximum Gasteiger partial charge on any atom is 0.490 e. The number of nitriles is 1. The summed E-state index contributed by atoms with van der Waals surface area (Å²) in [6, 6.07) is 10.4. The number of carbonyl (C=O) groups is 2. The van der Waals surface area contributed by atoms with Crippen LogP contribution in [0.2, 0.25) is 0 Å². The topological polar surface area (TPSA) is 117 Å². The van der Waals surface area contributed by atoms with E-state index in [2.05, 4.69) is 64.7 Å². The lowest BCUT2D eigenvalue weighted by Crippen LogP contribution is -2.48. The summed E-state index contributed by atoms with van der Waals surface area (Å²) in [7, 11) is 2.24. The van der Waals surface area contributed by atoms with Crippen LogP contribution in [0.25, 0.3) is 0 Å². The lowest BCUT2D eigenvalue weighted by Gasteiger charge is -2.38. The van der Waals surface area contributed by atoms with Crippen molar-refractivity contribution in [3.05, 3.63) is 51.9 Å². The Hall–Kier alpha value is -3.12. The van der Waals surface area contributed by atoms with E-state index in [-0.39, 0.29) is 24.2 Å². The Morgan fingerprint density at radius 3 is 2.39 bits per heavy atom. The van der Waals surface area contributed by atoms with Crippen molar-refractivity contribution in [3.63, 3.8) is 0 Å². The Bertz CT molecular complexity index is 1380. The summed E-state index contributed by atoms with van der Waals surface area (Å²) in [5.41, 5.74) is 1.92. The van der Waals surface area contributed by atoms with Crippen LogP contribution in [0.3, 0.4) is 0 Å². The summed E-state index contributed by atoms with van der Waals surface area (Å²) in [5, 5.41) is 16.5. The van der Waals surface area contributed by atoms with Crippen molar-refractivity contribution >= 4 is 33.5 Å². The second-order valence-corrected chi connectivity index (χ2v) is 13.2. The first-order valence-electron chi connectivity index (χ1n) is 15.7. The molecule has 46 heavy (non-hydrogen) atoms. The number of anilines is 1. The zero-order valence-corrected chi connectivity index (χ0v) is 27.6. The largest absolute Gasteiger partial charge is 0.490 e. The molecular weight excluding hydrogens is 667 g/mol. The standard InChI is InChI=1S/C30H40BrN7O.C2HF3O2/c1-35-11-5-7-24(19-35)21-37-14-12-36(13-15-37)20-23-6-4-8-25(16-23)28(39)22-38(26-9-2-3-10-26)30-27(31)18-33-29(17-32)34-30;3-2(4,5)1(6)7/h4,6,8,16,18,24,26H,2-3,5,7,9-15,19-22H2,1H3;(H,6,7). The number of halogens is 4. The van der Waals surface area contributed by atoms with E-state index >= 15 is 0 Å². The van der Waals surface area contributed by atoms with Gasteiger partial charge in [-0.1, -0.05) is 31.0 Å². The SMILES string of the molecule is CN1CCCC(CN2CCN(Cc3cccc(C(=O)CN(c4nc(C#N)ncc4Br)C4CCCC4)c3)CC2)C1.O=C(O)C(F)(F)F. The lowest BCUT2D eigenvalue weighted by molar-refractivity contribution is -0.192. The Morgan fingerprint density at radius 1 is 1.09 bits per heavy atom. The Morgan fingerprint density at radius 2 is 1.76 bits per heavy atom. The molecule has 3 fully saturated rings. The van der Waals surface area contributed by atoms with Gasteiger partial charge in [0.25, 0.3) is 0 Å². The molecule has 1 N–H and O–H groups in total. The second-order valence-electron chi connectivity index (χ2n) is 12.3. The fourth-order valence-corrected chi connectivity index (χ4v) is 6.89. The fraction of sp³-hybridized carbons (Fsp3) is 0.594. The molecule has 5 rings (SSSR count). The summed E-state index contributed by atoms with van der Waals surface area (Å²) < 4.78 is 32.4. The highest BCUT2D eigenvalue weighted by Crippen LogP contribution is 2.32. The van der Waals surface area contributed by atoms with E-state index in [1.165, 1.54) is 38.0 Å². The molecule has 0 radical (unpaired) electrons. The number of likely N-dealkylation sites (tertiary alicyclic amines) is 1. The number of carboxylic acid groups (broad SMARTS) is 1. The Kier molecular flexibility index (Phi) is 12.9. The van der Waals surface area contributed by atoms with E-state index in [1.807, 2.05) is 18.2 Å². The van der Waals surface area contributed by atoms with Gasteiger partial charge in [-0.15, -0.1) is 0 Å². The van der Waals surface area contributed by atoms with Gasteiger partial charge in [0.2, 0.25) is 5.82 Å². The molecule has 14 heteroatoms. The smallest absolute Gasteiger partial charge is 0.475 e. The molecule has 1 aromatic heterocycles. The quantitative estimate of drug-likeness (QED) is 0.363. The van der Waals surface area contributed by atoms with Crippen molar-refractivity contribution in [1.82, 2.24) is 24.7 Å². The third kappa shape index (κ3) is 10.4. The van der Waals surface area contributed by atoms with Gasteiger partial charge in [-0.05, 0) is 72.8 Å².